The van der Waals surface area contributed by atoms with Crippen LogP contribution >= 0.6 is 12.6 Å². The SMILES string of the molecule is [CH2]CCC(S)c1nnnn1C. The molecule has 1 aromatic heterocycles. The van der Waals surface area contributed by atoms with E-state index in [1.807, 2.05) is 7.05 Å². The molecule has 0 spiro atoms. The summed E-state index contributed by atoms with van der Waals surface area (Å²) in [5, 5.41) is 11.2. The summed E-state index contributed by atoms with van der Waals surface area (Å²) in [6.45, 7) is 3.74. The maximum Gasteiger partial charge on any atom is 0.163 e. The average Bonchev–Trinajstić information content (AvgIpc) is 2.36. The first-order valence-electron chi connectivity index (χ1n) is 3.45. The summed E-state index contributed by atoms with van der Waals surface area (Å²) in [5.41, 5.74) is 0. The Morgan fingerprint density at radius 1 is 1.73 bits per heavy atom. The van der Waals surface area contributed by atoms with Crippen molar-refractivity contribution in [2.24, 2.45) is 7.05 Å². The van der Waals surface area contributed by atoms with Gasteiger partial charge in [-0.2, -0.15) is 12.6 Å². The third kappa shape index (κ3) is 1.92. The fourth-order valence-corrected chi connectivity index (χ4v) is 1.24. The van der Waals surface area contributed by atoms with Crippen molar-refractivity contribution in [3.05, 3.63) is 12.7 Å². The minimum absolute atomic E-state index is 0.104. The molecule has 0 aliphatic rings. The highest BCUT2D eigenvalue weighted by atomic mass is 32.1. The lowest BCUT2D eigenvalue weighted by Gasteiger charge is -2.05. The van der Waals surface area contributed by atoms with Crippen LogP contribution in [0.2, 0.25) is 0 Å². The summed E-state index contributed by atoms with van der Waals surface area (Å²) in [5.74, 6) is 0.803. The van der Waals surface area contributed by atoms with Crippen molar-refractivity contribution in [1.82, 2.24) is 20.2 Å². The normalized spacial score (nSPS) is 13.4. The van der Waals surface area contributed by atoms with Crippen molar-refractivity contribution in [3.63, 3.8) is 0 Å². The molecule has 1 rings (SSSR count). The van der Waals surface area contributed by atoms with Crippen LogP contribution in [-0.2, 0) is 7.05 Å². The molecule has 0 saturated carbocycles. The number of thiol groups is 1. The molecule has 61 valence electrons. The summed E-state index contributed by atoms with van der Waals surface area (Å²) >= 11 is 4.33. The molecular weight excluding hydrogens is 160 g/mol. The van der Waals surface area contributed by atoms with Crippen molar-refractivity contribution in [1.29, 1.82) is 0 Å². The molecule has 1 unspecified atom stereocenters. The van der Waals surface area contributed by atoms with Gasteiger partial charge in [0.05, 0.1) is 5.25 Å². The van der Waals surface area contributed by atoms with Crippen molar-refractivity contribution < 1.29 is 0 Å². The van der Waals surface area contributed by atoms with Gasteiger partial charge >= 0.3 is 0 Å². The number of aryl methyl sites for hydroxylation is 1. The molecule has 0 fully saturated rings. The second kappa shape index (κ2) is 3.71. The Balaban J connectivity index is 2.67. The van der Waals surface area contributed by atoms with Crippen LogP contribution in [0.1, 0.15) is 23.9 Å². The largest absolute Gasteiger partial charge is 0.232 e. The molecule has 0 aromatic carbocycles. The van der Waals surface area contributed by atoms with E-state index in [9.17, 15) is 0 Å². The van der Waals surface area contributed by atoms with Crippen LogP contribution in [0, 0.1) is 6.92 Å². The first kappa shape index (κ1) is 8.52. The summed E-state index contributed by atoms with van der Waals surface area (Å²) in [4.78, 5) is 0. The third-order valence-corrected chi connectivity index (χ3v) is 1.92. The minimum atomic E-state index is 0.104. The summed E-state index contributed by atoms with van der Waals surface area (Å²) in [6.07, 6.45) is 1.75. The Bertz CT molecular complexity index is 222. The Morgan fingerprint density at radius 2 is 2.45 bits per heavy atom. The molecule has 0 aliphatic heterocycles. The molecule has 5 heteroatoms. The van der Waals surface area contributed by atoms with E-state index < -0.39 is 0 Å². The standard InChI is InChI=1S/C6H11N4S/c1-3-4-5(11)6-7-8-9-10(6)2/h5,11H,1,3-4H2,2H3. The molecular formula is C6H11N4S. The van der Waals surface area contributed by atoms with Crippen LogP contribution in [-0.4, -0.2) is 20.2 Å². The first-order valence-corrected chi connectivity index (χ1v) is 3.97. The zero-order chi connectivity index (χ0) is 8.27. The van der Waals surface area contributed by atoms with E-state index in [0.29, 0.717) is 0 Å². The van der Waals surface area contributed by atoms with E-state index in [-0.39, 0.29) is 5.25 Å². The second-order valence-electron chi connectivity index (χ2n) is 2.32. The maximum absolute atomic E-state index is 4.33. The summed E-state index contributed by atoms with van der Waals surface area (Å²) in [6, 6.07) is 0. The van der Waals surface area contributed by atoms with E-state index in [0.717, 1.165) is 18.7 Å². The van der Waals surface area contributed by atoms with Crippen LogP contribution in [0.4, 0.5) is 0 Å². The topological polar surface area (TPSA) is 43.6 Å². The molecule has 0 saturated heterocycles. The highest BCUT2D eigenvalue weighted by molar-refractivity contribution is 7.80. The number of hydrogen-bond acceptors (Lipinski definition) is 4. The number of rotatable bonds is 3. The summed E-state index contributed by atoms with van der Waals surface area (Å²) < 4.78 is 1.63. The molecule has 11 heavy (non-hydrogen) atoms. The Morgan fingerprint density at radius 3 is 2.91 bits per heavy atom. The van der Waals surface area contributed by atoms with Crippen LogP contribution < -0.4 is 0 Å². The molecule has 1 aromatic rings. The second-order valence-corrected chi connectivity index (χ2v) is 2.94. The van der Waals surface area contributed by atoms with Crippen LogP contribution in [0.25, 0.3) is 0 Å². The number of tetrazole rings is 1. The van der Waals surface area contributed by atoms with Gasteiger partial charge in [-0.05, 0) is 16.8 Å². The molecule has 1 atom stereocenters. The van der Waals surface area contributed by atoms with Gasteiger partial charge in [0.1, 0.15) is 0 Å². The smallest absolute Gasteiger partial charge is 0.163 e. The molecule has 4 nitrogen and oxygen atoms in total. The van der Waals surface area contributed by atoms with Gasteiger partial charge < -0.3 is 0 Å². The number of aromatic nitrogens is 4. The lowest BCUT2D eigenvalue weighted by atomic mass is 10.2. The highest BCUT2D eigenvalue weighted by Gasteiger charge is 2.11. The van der Waals surface area contributed by atoms with E-state index >= 15 is 0 Å². The van der Waals surface area contributed by atoms with Gasteiger partial charge in [0, 0.05) is 7.05 Å². The quantitative estimate of drug-likeness (QED) is 0.684. The molecule has 0 bridgehead atoms. The molecule has 0 aliphatic carbocycles. The fraction of sp³-hybridized carbons (Fsp3) is 0.667. The van der Waals surface area contributed by atoms with Gasteiger partial charge in [0.15, 0.2) is 5.82 Å². The van der Waals surface area contributed by atoms with Gasteiger partial charge in [-0.1, -0.05) is 13.3 Å². The Labute approximate surface area is 71.4 Å². The lowest BCUT2D eigenvalue weighted by molar-refractivity contribution is 0.655. The lowest BCUT2D eigenvalue weighted by Crippen LogP contribution is -2.02. The van der Waals surface area contributed by atoms with Crippen molar-refractivity contribution >= 4 is 12.6 Å². The van der Waals surface area contributed by atoms with Crippen molar-refractivity contribution in [3.8, 4) is 0 Å². The zero-order valence-corrected chi connectivity index (χ0v) is 7.33. The molecule has 0 amide bonds. The van der Waals surface area contributed by atoms with E-state index in [4.69, 9.17) is 0 Å². The van der Waals surface area contributed by atoms with Crippen molar-refractivity contribution in [2.45, 2.75) is 18.1 Å². The van der Waals surface area contributed by atoms with E-state index in [1.165, 1.54) is 0 Å². The summed E-state index contributed by atoms with van der Waals surface area (Å²) in [7, 11) is 1.81. The van der Waals surface area contributed by atoms with Gasteiger partial charge in [-0.25, -0.2) is 4.68 Å². The Kier molecular flexibility index (Phi) is 2.87. The molecule has 1 heterocycles. The van der Waals surface area contributed by atoms with Gasteiger partial charge in [0.2, 0.25) is 0 Å². The first-order chi connectivity index (χ1) is 5.25. The van der Waals surface area contributed by atoms with Crippen LogP contribution in [0.15, 0.2) is 0 Å². The van der Waals surface area contributed by atoms with Crippen molar-refractivity contribution in [2.75, 3.05) is 0 Å². The minimum Gasteiger partial charge on any atom is -0.232 e. The predicted octanol–water partition coefficient (Wildman–Crippen LogP) is 0.795. The monoisotopic (exact) mass is 171 g/mol. The number of nitrogens with zero attached hydrogens (tertiary/aromatic N) is 4. The fourth-order valence-electron chi connectivity index (χ4n) is 0.841. The average molecular weight is 171 g/mol. The predicted molar refractivity (Wildman–Crippen MR) is 45.1 cm³/mol. The van der Waals surface area contributed by atoms with Crippen LogP contribution in [0.3, 0.4) is 0 Å². The van der Waals surface area contributed by atoms with Crippen LogP contribution in [0.5, 0.6) is 0 Å². The third-order valence-electron chi connectivity index (χ3n) is 1.43. The van der Waals surface area contributed by atoms with E-state index in [2.05, 4.69) is 35.1 Å². The maximum atomic E-state index is 4.33. The molecule has 0 N–H and O–H groups in total. The number of hydrogen-bond donors (Lipinski definition) is 1. The zero-order valence-electron chi connectivity index (χ0n) is 6.43. The van der Waals surface area contributed by atoms with E-state index in [1.54, 1.807) is 4.68 Å². The van der Waals surface area contributed by atoms with Gasteiger partial charge in [-0.15, -0.1) is 5.10 Å². The van der Waals surface area contributed by atoms with Gasteiger partial charge in [-0.3, -0.25) is 0 Å². The Hall–Kier alpha value is -0.580. The molecule has 1 radical (unpaired) electrons. The highest BCUT2D eigenvalue weighted by Crippen LogP contribution is 2.20. The van der Waals surface area contributed by atoms with Gasteiger partial charge in [0.25, 0.3) is 0 Å².